The SMILES string of the molecule is Nc1nc(COC(=O)CCn2ccc3ccccc32)nc2sc3c(c12)CCCCC3. The minimum Gasteiger partial charge on any atom is -0.457 e. The quantitative estimate of drug-likeness (QED) is 0.376. The van der Waals surface area contributed by atoms with Crippen molar-refractivity contribution >= 4 is 44.2 Å². The van der Waals surface area contributed by atoms with Gasteiger partial charge < -0.3 is 15.0 Å². The molecule has 1 aromatic carbocycles. The van der Waals surface area contributed by atoms with Crippen molar-refractivity contribution in [1.82, 2.24) is 14.5 Å². The van der Waals surface area contributed by atoms with Gasteiger partial charge in [-0.3, -0.25) is 4.79 Å². The van der Waals surface area contributed by atoms with Crippen LogP contribution in [0.2, 0.25) is 0 Å². The van der Waals surface area contributed by atoms with Gasteiger partial charge in [0.2, 0.25) is 0 Å². The van der Waals surface area contributed by atoms with E-state index in [1.807, 2.05) is 18.3 Å². The number of rotatable bonds is 5. The van der Waals surface area contributed by atoms with E-state index in [1.165, 1.54) is 29.7 Å². The van der Waals surface area contributed by atoms with E-state index in [1.54, 1.807) is 11.3 Å². The molecule has 7 heteroatoms. The molecule has 0 unspecified atom stereocenters. The van der Waals surface area contributed by atoms with Crippen molar-refractivity contribution in [3.05, 3.63) is 52.8 Å². The molecule has 3 heterocycles. The van der Waals surface area contributed by atoms with E-state index >= 15 is 0 Å². The van der Waals surface area contributed by atoms with E-state index < -0.39 is 0 Å². The van der Waals surface area contributed by atoms with Gasteiger partial charge in [0.05, 0.1) is 11.8 Å². The lowest BCUT2D eigenvalue weighted by molar-refractivity contribution is -0.145. The summed E-state index contributed by atoms with van der Waals surface area (Å²) in [4.78, 5) is 23.6. The molecular formula is C23H24N4O2S. The molecule has 30 heavy (non-hydrogen) atoms. The normalized spacial score (nSPS) is 14.0. The Bertz CT molecular complexity index is 1230. The Kier molecular flexibility index (Phi) is 5.12. The minimum absolute atomic E-state index is 0.0496. The molecule has 1 aliphatic carbocycles. The van der Waals surface area contributed by atoms with Gasteiger partial charge >= 0.3 is 5.97 Å². The summed E-state index contributed by atoms with van der Waals surface area (Å²) in [5.74, 6) is 0.706. The van der Waals surface area contributed by atoms with Gasteiger partial charge in [0.15, 0.2) is 12.4 Å². The number of fused-ring (bicyclic) bond motifs is 4. The lowest BCUT2D eigenvalue weighted by atomic mass is 10.1. The molecule has 0 aliphatic heterocycles. The highest BCUT2D eigenvalue weighted by Gasteiger charge is 2.19. The standard InChI is InChI=1S/C23H24N4O2S/c24-22-21-16-7-2-1-3-9-18(16)30-23(21)26-19(25-22)14-29-20(28)11-13-27-12-10-15-6-4-5-8-17(15)27/h4-6,8,10,12H,1-3,7,9,11,13-14H2,(H2,24,25,26). The van der Waals surface area contributed by atoms with Gasteiger partial charge in [0, 0.05) is 23.1 Å². The number of aromatic nitrogens is 3. The summed E-state index contributed by atoms with van der Waals surface area (Å²) < 4.78 is 7.50. The number of nitrogens with two attached hydrogens (primary N) is 1. The number of aryl methyl sites for hydroxylation is 3. The van der Waals surface area contributed by atoms with Gasteiger partial charge in [0.1, 0.15) is 10.6 Å². The van der Waals surface area contributed by atoms with Crippen LogP contribution in [-0.4, -0.2) is 20.5 Å². The number of benzene rings is 1. The molecule has 0 amide bonds. The Hall–Kier alpha value is -2.93. The predicted octanol–water partition coefficient (Wildman–Crippen LogP) is 4.63. The van der Waals surface area contributed by atoms with Crippen LogP contribution in [-0.2, 0) is 35.5 Å². The number of ether oxygens (including phenoxy) is 1. The number of hydrogen-bond donors (Lipinski definition) is 1. The molecule has 3 aromatic heterocycles. The van der Waals surface area contributed by atoms with Gasteiger partial charge in [0.25, 0.3) is 0 Å². The van der Waals surface area contributed by atoms with Gasteiger partial charge in [-0.05, 0) is 48.8 Å². The topological polar surface area (TPSA) is 83.0 Å². The number of esters is 1. The van der Waals surface area contributed by atoms with Crippen LogP contribution in [0.4, 0.5) is 5.82 Å². The highest BCUT2D eigenvalue weighted by molar-refractivity contribution is 7.19. The number of nitrogen functional groups attached to an aromatic ring is 1. The summed E-state index contributed by atoms with van der Waals surface area (Å²) in [6.07, 6.45) is 8.10. The number of hydrogen-bond acceptors (Lipinski definition) is 6. The van der Waals surface area contributed by atoms with Gasteiger partial charge in [-0.15, -0.1) is 11.3 Å². The van der Waals surface area contributed by atoms with Crippen LogP contribution in [0.3, 0.4) is 0 Å². The summed E-state index contributed by atoms with van der Waals surface area (Å²) in [7, 11) is 0. The van der Waals surface area contributed by atoms with E-state index in [2.05, 4.69) is 32.7 Å². The van der Waals surface area contributed by atoms with E-state index in [4.69, 9.17) is 10.5 Å². The molecule has 0 radical (unpaired) electrons. The van der Waals surface area contributed by atoms with Crippen LogP contribution in [0.5, 0.6) is 0 Å². The second-order valence-corrected chi connectivity index (χ2v) is 8.83. The van der Waals surface area contributed by atoms with Crippen LogP contribution >= 0.6 is 11.3 Å². The van der Waals surface area contributed by atoms with Crippen molar-refractivity contribution < 1.29 is 9.53 Å². The van der Waals surface area contributed by atoms with E-state index in [0.29, 0.717) is 24.6 Å². The Morgan fingerprint density at radius 1 is 1.13 bits per heavy atom. The first-order valence-electron chi connectivity index (χ1n) is 10.4. The Balaban J connectivity index is 1.25. The number of para-hydroxylation sites is 1. The fraction of sp³-hybridized carbons (Fsp3) is 0.348. The van der Waals surface area contributed by atoms with E-state index in [0.717, 1.165) is 34.0 Å². The third-order valence-corrected chi connectivity index (χ3v) is 6.92. The smallest absolute Gasteiger partial charge is 0.308 e. The third kappa shape index (κ3) is 3.65. The van der Waals surface area contributed by atoms with Crippen molar-refractivity contribution in [1.29, 1.82) is 0 Å². The first-order valence-corrected chi connectivity index (χ1v) is 11.3. The van der Waals surface area contributed by atoms with Crippen LogP contribution in [0.1, 0.15) is 41.9 Å². The van der Waals surface area contributed by atoms with E-state index in [9.17, 15) is 4.79 Å². The van der Waals surface area contributed by atoms with Crippen molar-refractivity contribution in [2.24, 2.45) is 0 Å². The Morgan fingerprint density at radius 2 is 2.00 bits per heavy atom. The zero-order chi connectivity index (χ0) is 20.5. The summed E-state index contributed by atoms with van der Waals surface area (Å²) in [6.45, 7) is 0.625. The molecule has 1 aliphatic rings. The third-order valence-electron chi connectivity index (χ3n) is 5.74. The number of anilines is 1. The molecule has 0 fully saturated rings. The van der Waals surface area contributed by atoms with Crippen LogP contribution in [0.25, 0.3) is 21.1 Å². The molecule has 0 spiro atoms. The van der Waals surface area contributed by atoms with Crippen LogP contribution in [0.15, 0.2) is 36.5 Å². The highest BCUT2D eigenvalue weighted by atomic mass is 32.1. The average Bonchev–Trinajstić information content (AvgIpc) is 3.24. The molecule has 6 nitrogen and oxygen atoms in total. The van der Waals surface area contributed by atoms with Crippen LogP contribution < -0.4 is 5.73 Å². The van der Waals surface area contributed by atoms with Crippen molar-refractivity contribution in [3.8, 4) is 0 Å². The fourth-order valence-corrected chi connectivity index (χ4v) is 5.53. The van der Waals surface area contributed by atoms with Gasteiger partial charge in [-0.25, -0.2) is 9.97 Å². The molecule has 2 N–H and O–H groups in total. The molecule has 4 aromatic rings. The highest BCUT2D eigenvalue weighted by Crippen LogP contribution is 2.37. The summed E-state index contributed by atoms with van der Waals surface area (Å²) in [6, 6.07) is 10.2. The molecule has 0 bridgehead atoms. The average molecular weight is 421 g/mol. The number of nitrogens with zero attached hydrogens (tertiary/aromatic N) is 3. The minimum atomic E-state index is -0.267. The number of carbonyl (C=O) groups is 1. The second-order valence-electron chi connectivity index (χ2n) is 7.75. The summed E-state index contributed by atoms with van der Waals surface area (Å²) in [5, 5.41) is 2.17. The van der Waals surface area contributed by atoms with Crippen molar-refractivity contribution in [2.45, 2.75) is 51.7 Å². The maximum Gasteiger partial charge on any atom is 0.308 e. The molecule has 0 atom stereocenters. The molecule has 154 valence electrons. The lowest BCUT2D eigenvalue weighted by Gasteiger charge is -2.07. The number of thiophene rings is 1. The zero-order valence-electron chi connectivity index (χ0n) is 16.8. The summed E-state index contributed by atoms with van der Waals surface area (Å²) in [5.41, 5.74) is 8.71. The molecule has 0 saturated carbocycles. The first-order chi connectivity index (χ1) is 14.7. The van der Waals surface area contributed by atoms with Crippen LogP contribution in [0, 0.1) is 0 Å². The van der Waals surface area contributed by atoms with Crippen molar-refractivity contribution in [3.63, 3.8) is 0 Å². The Labute approximate surface area is 178 Å². The largest absolute Gasteiger partial charge is 0.457 e. The maximum absolute atomic E-state index is 12.3. The second kappa shape index (κ2) is 8.07. The first kappa shape index (κ1) is 19.1. The predicted molar refractivity (Wildman–Crippen MR) is 119 cm³/mol. The lowest BCUT2D eigenvalue weighted by Crippen LogP contribution is -2.10. The van der Waals surface area contributed by atoms with E-state index in [-0.39, 0.29) is 12.6 Å². The summed E-state index contributed by atoms with van der Waals surface area (Å²) >= 11 is 1.71. The van der Waals surface area contributed by atoms with Gasteiger partial charge in [-0.1, -0.05) is 24.6 Å². The number of carbonyl (C=O) groups excluding carboxylic acids is 1. The molecule has 0 saturated heterocycles. The molecule has 5 rings (SSSR count). The fourth-order valence-electron chi connectivity index (χ4n) is 4.24. The monoisotopic (exact) mass is 420 g/mol. The molecular weight excluding hydrogens is 396 g/mol. The Morgan fingerprint density at radius 3 is 2.93 bits per heavy atom. The van der Waals surface area contributed by atoms with Crippen molar-refractivity contribution in [2.75, 3.05) is 5.73 Å². The van der Waals surface area contributed by atoms with Gasteiger partial charge in [-0.2, -0.15) is 0 Å². The maximum atomic E-state index is 12.3. The zero-order valence-corrected chi connectivity index (χ0v) is 17.6.